The third-order valence-corrected chi connectivity index (χ3v) is 3.53. The fraction of sp³-hybridized carbons (Fsp3) is 0.500. The molecule has 14 heavy (non-hydrogen) atoms. The van der Waals surface area contributed by atoms with Gasteiger partial charge in [-0.3, -0.25) is 0 Å². The van der Waals surface area contributed by atoms with E-state index in [9.17, 15) is 4.79 Å². The van der Waals surface area contributed by atoms with Gasteiger partial charge in [-0.1, -0.05) is 0 Å². The molecule has 1 N–H and O–H groups in total. The zero-order valence-electron chi connectivity index (χ0n) is 8.08. The highest BCUT2D eigenvalue weighted by Crippen LogP contribution is 2.33. The third kappa shape index (κ3) is 1.75. The predicted molar refractivity (Wildman–Crippen MR) is 55.5 cm³/mol. The summed E-state index contributed by atoms with van der Waals surface area (Å²) in [5.74, 6) is 0. The molecule has 3 nitrogen and oxygen atoms in total. The summed E-state index contributed by atoms with van der Waals surface area (Å²) in [6.07, 6.45) is 2.96. The van der Waals surface area contributed by atoms with Gasteiger partial charge in [-0.25, -0.2) is 4.79 Å². The Morgan fingerprint density at radius 2 is 2.57 bits per heavy atom. The number of alkyl carbamates (subject to hydrolysis) is 1. The van der Waals surface area contributed by atoms with Gasteiger partial charge in [-0.2, -0.15) is 0 Å². The Balaban J connectivity index is 2.12. The van der Waals surface area contributed by atoms with Crippen molar-refractivity contribution >= 4 is 17.4 Å². The molecule has 1 heterocycles. The number of carbonyl (C=O) groups is 1. The molecule has 1 amide bonds. The molecule has 2 rings (SSSR count). The first-order valence-electron chi connectivity index (χ1n) is 4.72. The van der Waals surface area contributed by atoms with Crippen LogP contribution in [0.1, 0.15) is 29.3 Å². The van der Waals surface area contributed by atoms with Crippen LogP contribution in [-0.4, -0.2) is 13.2 Å². The Hall–Kier alpha value is -1.03. The van der Waals surface area contributed by atoms with Crippen molar-refractivity contribution in [3.8, 4) is 0 Å². The smallest absolute Gasteiger partial charge is 0.407 e. The highest BCUT2D eigenvalue weighted by atomic mass is 32.1. The fourth-order valence-electron chi connectivity index (χ4n) is 1.84. The number of amides is 1. The monoisotopic (exact) mass is 211 g/mol. The van der Waals surface area contributed by atoms with Gasteiger partial charge >= 0.3 is 6.09 Å². The average molecular weight is 211 g/mol. The van der Waals surface area contributed by atoms with Crippen LogP contribution in [0.25, 0.3) is 0 Å². The van der Waals surface area contributed by atoms with E-state index >= 15 is 0 Å². The van der Waals surface area contributed by atoms with Crippen LogP contribution in [0.3, 0.4) is 0 Å². The highest BCUT2D eigenvalue weighted by molar-refractivity contribution is 7.10. The van der Waals surface area contributed by atoms with Gasteiger partial charge in [-0.15, -0.1) is 11.3 Å². The predicted octanol–water partition coefficient (Wildman–Crippen LogP) is 2.48. The molecule has 0 saturated carbocycles. The van der Waals surface area contributed by atoms with E-state index in [0.717, 1.165) is 19.3 Å². The lowest BCUT2D eigenvalue weighted by Gasteiger charge is -2.22. The Bertz CT molecular complexity index is 335. The van der Waals surface area contributed by atoms with Crippen molar-refractivity contribution in [3.63, 3.8) is 0 Å². The largest absolute Gasteiger partial charge is 0.453 e. The molecule has 1 atom stereocenters. The van der Waals surface area contributed by atoms with E-state index in [1.54, 1.807) is 11.3 Å². The number of carbonyl (C=O) groups excluding carboxylic acids is 1. The quantitative estimate of drug-likeness (QED) is 0.775. The van der Waals surface area contributed by atoms with E-state index in [0.29, 0.717) is 0 Å². The molecule has 0 radical (unpaired) electrons. The molecule has 1 aliphatic carbocycles. The van der Waals surface area contributed by atoms with Crippen LogP contribution in [0, 0.1) is 0 Å². The van der Waals surface area contributed by atoms with Gasteiger partial charge in [0.05, 0.1) is 13.2 Å². The molecular formula is C10H13NO2S. The van der Waals surface area contributed by atoms with Gasteiger partial charge in [0.1, 0.15) is 0 Å². The summed E-state index contributed by atoms with van der Waals surface area (Å²) < 4.78 is 4.60. The molecule has 0 aromatic carbocycles. The topological polar surface area (TPSA) is 38.3 Å². The zero-order valence-corrected chi connectivity index (χ0v) is 8.89. The molecule has 1 aromatic rings. The van der Waals surface area contributed by atoms with Crippen molar-refractivity contribution in [2.24, 2.45) is 0 Å². The van der Waals surface area contributed by atoms with Crippen molar-refractivity contribution in [2.75, 3.05) is 7.11 Å². The molecule has 0 saturated heterocycles. The minimum absolute atomic E-state index is 0.150. The van der Waals surface area contributed by atoms with Gasteiger partial charge in [0.2, 0.25) is 0 Å². The molecule has 0 fully saturated rings. The minimum atomic E-state index is -0.339. The second-order valence-corrected chi connectivity index (χ2v) is 4.38. The van der Waals surface area contributed by atoms with E-state index in [-0.39, 0.29) is 12.1 Å². The number of rotatable bonds is 1. The first-order valence-corrected chi connectivity index (χ1v) is 5.60. The molecule has 1 aliphatic rings. The Labute approximate surface area is 87.1 Å². The molecule has 1 unspecified atom stereocenters. The second-order valence-electron chi connectivity index (χ2n) is 3.38. The third-order valence-electron chi connectivity index (χ3n) is 2.53. The molecule has 0 bridgehead atoms. The fourth-order valence-corrected chi connectivity index (χ4v) is 2.83. The lowest BCUT2D eigenvalue weighted by molar-refractivity contribution is 0.165. The van der Waals surface area contributed by atoms with Crippen LogP contribution in [-0.2, 0) is 11.2 Å². The van der Waals surface area contributed by atoms with Crippen molar-refractivity contribution in [2.45, 2.75) is 25.3 Å². The summed E-state index contributed by atoms with van der Waals surface area (Å²) >= 11 is 1.77. The van der Waals surface area contributed by atoms with Gasteiger partial charge in [0.25, 0.3) is 0 Å². The van der Waals surface area contributed by atoms with Crippen molar-refractivity contribution < 1.29 is 9.53 Å². The van der Waals surface area contributed by atoms with E-state index in [4.69, 9.17) is 0 Å². The number of aryl methyl sites for hydroxylation is 1. The van der Waals surface area contributed by atoms with Gasteiger partial charge in [0.15, 0.2) is 0 Å². The summed E-state index contributed by atoms with van der Waals surface area (Å²) in [6, 6.07) is 2.25. The molecular weight excluding hydrogens is 198 g/mol. The van der Waals surface area contributed by atoms with Crippen LogP contribution in [0.2, 0.25) is 0 Å². The Kier molecular flexibility index (Phi) is 2.72. The Morgan fingerprint density at radius 3 is 3.36 bits per heavy atom. The van der Waals surface area contributed by atoms with Crippen molar-refractivity contribution in [1.29, 1.82) is 0 Å². The molecule has 4 heteroatoms. The lowest BCUT2D eigenvalue weighted by atomic mass is 9.94. The van der Waals surface area contributed by atoms with E-state index in [1.165, 1.54) is 17.6 Å². The van der Waals surface area contributed by atoms with E-state index in [2.05, 4.69) is 21.5 Å². The summed E-state index contributed by atoms with van der Waals surface area (Å²) in [6.45, 7) is 0. The normalized spacial score (nSPS) is 19.9. The van der Waals surface area contributed by atoms with Gasteiger partial charge < -0.3 is 10.1 Å². The number of hydrogen-bond acceptors (Lipinski definition) is 3. The number of fused-ring (bicyclic) bond motifs is 1. The molecule has 0 spiro atoms. The summed E-state index contributed by atoms with van der Waals surface area (Å²) in [7, 11) is 1.40. The van der Waals surface area contributed by atoms with Crippen molar-refractivity contribution in [3.05, 3.63) is 21.9 Å². The maximum absolute atomic E-state index is 11.1. The number of ether oxygens (including phenoxy) is 1. The second kappa shape index (κ2) is 4.00. The average Bonchev–Trinajstić information content (AvgIpc) is 2.66. The minimum Gasteiger partial charge on any atom is -0.453 e. The van der Waals surface area contributed by atoms with Crippen LogP contribution in [0.5, 0.6) is 0 Å². The van der Waals surface area contributed by atoms with Crippen LogP contribution < -0.4 is 5.32 Å². The summed E-state index contributed by atoms with van der Waals surface area (Å²) in [5, 5.41) is 4.94. The first-order chi connectivity index (χ1) is 6.81. The van der Waals surface area contributed by atoms with E-state index < -0.39 is 0 Å². The van der Waals surface area contributed by atoms with Gasteiger partial charge in [-0.05, 0) is 36.3 Å². The molecule has 1 aromatic heterocycles. The maximum Gasteiger partial charge on any atom is 0.407 e. The summed E-state index contributed by atoms with van der Waals surface area (Å²) in [4.78, 5) is 12.5. The SMILES string of the molecule is COC(=O)NC1CCCc2sccc21. The number of nitrogens with one attached hydrogen (secondary N) is 1. The highest BCUT2D eigenvalue weighted by Gasteiger charge is 2.22. The van der Waals surface area contributed by atoms with Crippen LogP contribution >= 0.6 is 11.3 Å². The summed E-state index contributed by atoms with van der Waals surface area (Å²) in [5.41, 5.74) is 1.27. The Morgan fingerprint density at radius 1 is 1.71 bits per heavy atom. The van der Waals surface area contributed by atoms with Crippen LogP contribution in [0.15, 0.2) is 11.4 Å². The zero-order chi connectivity index (χ0) is 9.97. The number of hydrogen-bond donors (Lipinski definition) is 1. The van der Waals surface area contributed by atoms with Crippen LogP contribution in [0.4, 0.5) is 4.79 Å². The number of thiophene rings is 1. The maximum atomic E-state index is 11.1. The number of methoxy groups -OCH3 is 1. The standard InChI is InChI=1S/C10H13NO2S/c1-13-10(12)11-8-3-2-4-9-7(8)5-6-14-9/h5-6,8H,2-4H2,1H3,(H,11,12). The molecule has 0 aliphatic heterocycles. The van der Waals surface area contributed by atoms with Crippen molar-refractivity contribution in [1.82, 2.24) is 5.32 Å². The van der Waals surface area contributed by atoms with Gasteiger partial charge in [0, 0.05) is 4.88 Å². The van der Waals surface area contributed by atoms with E-state index in [1.807, 2.05) is 0 Å². The first kappa shape index (κ1) is 9.52. The molecule has 76 valence electrons. The lowest BCUT2D eigenvalue weighted by Crippen LogP contribution is -2.30.